The van der Waals surface area contributed by atoms with Crippen LogP contribution in [0.25, 0.3) is 0 Å². The topological polar surface area (TPSA) is 83.5 Å². The van der Waals surface area contributed by atoms with E-state index in [1.54, 1.807) is 6.92 Å². The van der Waals surface area contributed by atoms with Gasteiger partial charge in [-0.2, -0.15) is 0 Å². The Balaban J connectivity index is 3.53. The van der Waals surface area contributed by atoms with Crippen LogP contribution in [0.5, 0.6) is 0 Å². The Morgan fingerprint density at radius 1 is 1.54 bits per heavy atom. The first-order chi connectivity index (χ1) is 5.83. The number of rotatable bonds is 6. The first-order valence-corrected chi connectivity index (χ1v) is 5.89. The molecule has 0 aliphatic rings. The highest BCUT2D eigenvalue weighted by Gasteiger charge is 2.10. The Morgan fingerprint density at radius 3 is 2.46 bits per heavy atom. The summed E-state index contributed by atoms with van der Waals surface area (Å²) in [7, 11) is -3.14. The predicted octanol–water partition coefficient (Wildman–Crippen LogP) is 0.0365. The lowest BCUT2D eigenvalue weighted by Gasteiger charge is -2.05. The van der Waals surface area contributed by atoms with Gasteiger partial charge in [0.2, 0.25) is 10.0 Å². The zero-order valence-corrected chi connectivity index (χ0v) is 8.60. The molecule has 2 N–H and O–H groups in total. The lowest BCUT2D eigenvalue weighted by Crippen LogP contribution is -2.23. The highest BCUT2D eigenvalue weighted by Crippen LogP contribution is 2.04. The van der Waals surface area contributed by atoms with Crippen LogP contribution in [0, 0.1) is 5.92 Å². The van der Waals surface area contributed by atoms with Gasteiger partial charge in [-0.1, -0.05) is 6.92 Å². The van der Waals surface area contributed by atoms with Crippen molar-refractivity contribution in [3.8, 4) is 0 Å². The summed E-state index contributed by atoms with van der Waals surface area (Å²) >= 11 is 0. The molecule has 0 heterocycles. The van der Waals surface area contributed by atoms with Gasteiger partial charge < -0.3 is 5.11 Å². The van der Waals surface area contributed by atoms with Gasteiger partial charge in [0.1, 0.15) is 0 Å². The fourth-order valence-electron chi connectivity index (χ4n) is 0.789. The van der Waals surface area contributed by atoms with Gasteiger partial charge in [0.25, 0.3) is 0 Å². The molecule has 0 bridgehead atoms. The number of carboxylic acid groups (broad SMARTS) is 1. The van der Waals surface area contributed by atoms with Gasteiger partial charge in [0.05, 0.1) is 12.2 Å². The molecule has 6 heteroatoms. The third kappa shape index (κ3) is 7.73. The summed E-state index contributed by atoms with van der Waals surface area (Å²) in [5, 5.41) is 8.50. The van der Waals surface area contributed by atoms with Crippen LogP contribution in [-0.2, 0) is 14.8 Å². The molecule has 0 aromatic carbocycles. The van der Waals surface area contributed by atoms with E-state index in [1.807, 2.05) is 0 Å². The molecule has 0 saturated heterocycles. The molecule has 0 aliphatic heterocycles. The van der Waals surface area contributed by atoms with E-state index in [0.717, 1.165) is 6.26 Å². The lowest BCUT2D eigenvalue weighted by molar-refractivity contribution is -0.141. The molecule has 0 aromatic heterocycles. The van der Waals surface area contributed by atoms with Crippen molar-refractivity contribution in [2.24, 2.45) is 5.92 Å². The van der Waals surface area contributed by atoms with Crippen molar-refractivity contribution in [2.45, 2.75) is 19.8 Å². The second-order valence-corrected chi connectivity index (χ2v) is 4.88. The van der Waals surface area contributed by atoms with Crippen molar-refractivity contribution >= 4 is 16.0 Å². The Kier molecular flexibility index (Phi) is 4.94. The lowest BCUT2D eigenvalue weighted by atomic mass is 10.1. The molecule has 1 atom stereocenters. The molecule has 5 nitrogen and oxygen atoms in total. The van der Waals surface area contributed by atoms with Crippen LogP contribution in [0.1, 0.15) is 19.8 Å². The smallest absolute Gasteiger partial charge is 0.306 e. The number of hydrogen-bond acceptors (Lipinski definition) is 3. The zero-order valence-electron chi connectivity index (χ0n) is 7.78. The average Bonchev–Trinajstić information content (AvgIpc) is 1.95. The standard InChI is InChI=1S/C7H15NO4S/c1-6(7(9)10)4-3-5-8-13(2,11)12/h6,8H,3-5H2,1-2H3,(H,9,10). The average molecular weight is 209 g/mol. The van der Waals surface area contributed by atoms with Crippen molar-refractivity contribution in [3.63, 3.8) is 0 Å². The van der Waals surface area contributed by atoms with Crippen molar-refractivity contribution in [1.29, 1.82) is 0 Å². The summed E-state index contributed by atoms with van der Waals surface area (Å²) < 4.78 is 23.5. The number of aliphatic carboxylic acids is 1. The van der Waals surface area contributed by atoms with Crippen LogP contribution in [-0.4, -0.2) is 32.3 Å². The molecule has 0 spiro atoms. The molecule has 13 heavy (non-hydrogen) atoms. The Bertz CT molecular complexity index is 260. The fourth-order valence-corrected chi connectivity index (χ4v) is 1.30. The Labute approximate surface area is 78.2 Å². The summed E-state index contributed by atoms with van der Waals surface area (Å²) in [6.07, 6.45) is 2.10. The number of carboxylic acids is 1. The van der Waals surface area contributed by atoms with Crippen molar-refractivity contribution < 1.29 is 18.3 Å². The molecule has 0 radical (unpaired) electrons. The Morgan fingerprint density at radius 2 is 2.08 bits per heavy atom. The predicted molar refractivity (Wildman–Crippen MR) is 48.9 cm³/mol. The van der Waals surface area contributed by atoms with E-state index in [4.69, 9.17) is 5.11 Å². The van der Waals surface area contributed by atoms with Crippen molar-refractivity contribution in [3.05, 3.63) is 0 Å². The SMILES string of the molecule is CC(CCCNS(C)(=O)=O)C(=O)O. The molecule has 0 aromatic rings. The molecule has 0 aliphatic carbocycles. The molecule has 0 fully saturated rings. The third-order valence-electron chi connectivity index (χ3n) is 1.60. The summed E-state index contributed by atoms with van der Waals surface area (Å²) in [6.45, 7) is 1.90. The van der Waals surface area contributed by atoms with Gasteiger partial charge in [-0.25, -0.2) is 13.1 Å². The minimum Gasteiger partial charge on any atom is -0.481 e. The molecule has 0 rings (SSSR count). The monoisotopic (exact) mass is 209 g/mol. The fraction of sp³-hybridized carbons (Fsp3) is 0.857. The maximum atomic E-state index is 10.6. The number of carbonyl (C=O) groups is 1. The highest BCUT2D eigenvalue weighted by atomic mass is 32.2. The molecule has 78 valence electrons. The second-order valence-electron chi connectivity index (χ2n) is 3.05. The van der Waals surface area contributed by atoms with Crippen LogP contribution >= 0.6 is 0 Å². The van der Waals surface area contributed by atoms with Gasteiger partial charge in [-0.3, -0.25) is 4.79 Å². The van der Waals surface area contributed by atoms with Crippen LogP contribution in [0.4, 0.5) is 0 Å². The summed E-state index contributed by atoms with van der Waals surface area (Å²) in [5.74, 6) is -1.26. The van der Waals surface area contributed by atoms with Crippen molar-refractivity contribution in [1.82, 2.24) is 4.72 Å². The summed E-state index contributed by atoms with van der Waals surface area (Å²) in [5.41, 5.74) is 0. The van der Waals surface area contributed by atoms with E-state index in [2.05, 4.69) is 4.72 Å². The number of nitrogens with one attached hydrogen (secondary N) is 1. The quantitative estimate of drug-likeness (QED) is 0.605. The van der Waals surface area contributed by atoms with Gasteiger partial charge >= 0.3 is 5.97 Å². The van der Waals surface area contributed by atoms with Crippen molar-refractivity contribution in [2.75, 3.05) is 12.8 Å². The van der Waals surface area contributed by atoms with E-state index in [0.29, 0.717) is 19.4 Å². The highest BCUT2D eigenvalue weighted by molar-refractivity contribution is 7.88. The number of hydrogen-bond donors (Lipinski definition) is 2. The summed E-state index contributed by atoms with van der Waals surface area (Å²) in [4.78, 5) is 10.4. The van der Waals surface area contributed by atoms with Crippen LogP contribution in [0.15, 0.2) is 0 Å². The summed E-state index contributed by atoms with van der Waals surface area (Å²) in [6, 6.07) is 0. The molecule has 1 unspecified atom stereocenters. The molecular formula is C7H15NO4S. The normalized spacial score (nSPS) is 14.0. The maximum Gasteiger partial charge on any atom is 0.306 e. The van der Waals surface area contributed by atoms with Crippen LogP contribution in [0.2, 0.25) is 0 Å². The van der Waals surface area contributed by atoms with E-state index < -0.39 is 21.9 Å². The zero-order chi connectivity index (χ0) is 10.5. The minimum atomic E-state index is -3.14. The third-order valence-corrected chi connectivity index (χ3v) is 2.33. The minimum absolute atomic E-state index is 0.302. The van der Waals surface area contributed by atoms with E-state index >= 15 is 0 Å². The molecule has 0 amide bonds. The number of sulfonamides is 1. The van der Waals surface area contributed by atoms with E-state index in [9.17, 15) is 13.2 Å². The first kappa shape index (κ1) is 12.4. The van der Waals surface area contributed by atoms with Gasteiger partial charge in [-0.05, 0) is 12.8 Å². The van der Waals surface area contributed by atoms with E-state index in [-0.39, 0.29) is 0 Å². The first-order valence-electron chi connectivity index (χ1n) is 4.00. The van der Waals surface area contributed by atoms with Crippen LogP contribution in [0.3, 0.4) is 0 Å². The van der Waals surface area contributed by atoms with E-state index in [1.165, 1.54) is 0 Å². The maximum absolute atomic E-state index is 10.6. The van der Waals surface area contributed by atoms with Gasteiger partial charge in [0, 0.05) is 6.54 Å². The second kappa shape index (κ2) is 5.18. The Hall–Kier alpha value is -0.620. The van der Waals surface area contributed by atoms with Gasteiger partial charge in [0.15, 0.2) is 0 Å². The van der Waals surface area contributed by atoms with Crippen LogP contribution < -0.4 is 4.72 Å². The molecule has 0 saturated carbocycles. The largest absolute Gasteiger partial charge is 0.481 e. The van der Waals surface area contributed by atoms with Gasteiger partial charge in [-0.15, -0.1) is 0 Å². The molecular weight excluding hydrogens is 194 g/mol.